The number of hydrogen-bond acceptors (Lipinski definition) is 3. The summed E-state index contributed by atoms with van der Waals surface area (Å²) in [5, 5.41) is 17.2. The van der Waals surface area contributed by atoms with Gasteiger partial charge in [0.2, 0.25) is 0 Å². The predicted molar refractivity (Wildman–Crippen MR) is 76.0 cm³/mol. The van der Waals surface area contributed by atoms with Crippen LogP contribution < -0.4 is 4.90 Å². The van der Waals surface area contributed by atoms with Crippen LogP contribution in [0, 0.1) is 18.3 Å². The van der Waals surface area contributed by atoms with Crippen molar-refractivity contribution in [3.63, 3.8) is 0 Å². The molecule has 0 heterocycles. The Kier molecular flexibility index (Phi) is 5.62. The summed E-state index contributed by atoms with van der Waals surface area (Å²) in [4.78, 5) is 12.6. The first kappa shape index (κ1) is 14.8. The van der Waals surface area contributed by atoms with Crippen LogP contribution >= 0.6 is 0 Å². The molecule has 19 heavy (non-hydrogen) atoms. The molecular formula is C15H18N2O2. The Hall–Kier alpha value is -2.28. The third-order valence-electron chi connectivity index (χ3n) is 2.86. The standard InChI is InChI=1S/C15H18N2O2/c1-3-17(10-4-9-16)14-7-5-13(11-12(14)2)6-8-15(18)19/h5-8,11H,3-4,10H2,1-2H3,(H,18,19). The van der Waals surface area contributed by atoms with E-state index >= 15 is 0 Å². The topological polar surface area (TPSA) is 64.3 Å². The second-order valence-corrected chi connectivity index (χ2v) is 4.21. The molecule has 4 heteroatoms. The number of carboxylic acid groups (broad SMARTS) is 1. The first-order chi connectivity index (χ1) is 9.08. The van der Waals surface area contributed by atoms with Crippen LogP contribution in [0.15, 0.2) is 24.3 Å². The van der Waals surface area contributed by atoms with E-state index in [4.69, 9.17) is 10.4 Å². The second-order valence-electron chi connectivity index (χ2n) is 4.21. The zero-order chi connectivity index (χ0) is 14.3. The maximum absolute atomic E-state index is 10.5. The van der Waals surface area contributed by atoms with Crippen LogP contribution in [0.3, 0.4) is 0 Å². The first-order valence-corrected chi connectivity index (χ1v) is 6.22. The number of hydrogen-bond donors (Lipinski definition) is 1. The van der Waals surface area contributed by atoms with Gasteiger partial charge in [0.15, 0.2) is 0 Å². The van der Waals surface area contributed by atoms with E-state index in [9.17, 15) is 4.79 Å². The van der Waals surface area contributed by atoms with Gasteiger partial charge in [0.05, 0.1) is 12.5 Å². The van der Waals surface area contributed by atoms with Crippen LogP contribution in [0.4, 0.5) is 5.69 Å². The monoisotopic (exact) mass is 258 g/mol. The van der Waals surface area contributed by atoms with Gasteiger partial charge in [-0.25, -0.2) is 4.79 Å². The smallest absolute Gasteiger partial charge is 0.328 e. The highest BCUT2D eigenvalue weighted by atomic mass is 16.4. The number of nitrogens with zero attached hydrogens (tertiary/aromatic N) is 2. The molecule has 0 aliphatic carbocycles. The van der Waals surface area contributed by atoms with Crippen molar-refractivity contribution in [2.45, 2.75) is 20.3 Å². The van der Waals surface area contributed by atoms with E-state index in [-0.39, 0.29) is 0 Å². The maximum atomic E-state index is 10.5. The Labute approximate surface area is 113 Å². The van der Waals surface area contributed by atoms with Gasteiger partial charge in [0, 0.05) is 24.9 Å². The molecule has 100 valence electrons. The third kappa shape index (κ3) is 4.47. The maximum Gasteiger partial charge on any atom is 0.328 e. The van der Waals surface area contributed by atoms with Crippen LogP contribution in [-0.2, 0) is 4.79 Å². The molecule has 1 N–H and O–H groups in total. The SMILES string of the molecule is CCN(CCC#N)c1ccc(C=CC(=O)O)cc1C. The van der Waals surface area contributed by atoms with E-state index < -0.39 is 5.97 Å². The number of rotatable bonds is 6. The summed E-state index contributed by atoms with van der Waals surface area (Å²) in [7, 11) is 0. The zero-order valence-electron chi connectivity index (χ0n) is 11.3. The number of anilines is 1. The molecule has 1 rings (SSSR count). The normalized spacial score (nSPS) is 10.4. The molecule has 0 saturated carbocycles. The summed E-state index contributed by atoms with van der Waals surface area (Å²) in [5.74, 6) is -0.953. The molecule has 0 aliphatic rings. The van der Waals surface area contributed by atoms with Crippen LogP contribution in [0.5, 0.6) is 0 Å². The lowest BCUT2D eigenvalue weighted by Crippen LogP contribution is -2.24. The Morgan fingerprint density at radius 1 is 1.53 bits per heavy atom. The van der Waals surface area contributed by atoms with Gasteiger partial charge in [-0.2, -0.15) is 5.26 Å². The molecule has 0 unspecified atom stereocenters. The van der Waals surface area contributed by atoms with E-state index in [1.54, 1.807) is 6.08 Å². The molecule has 1 aromatic rings. The average Bonchev–Trinajstić information content (AvgIpc) is 2.39. The van der Waals surface area contributed by atoms with Crippen LogP contribution in [0.25, 0.3) is 6.08 Å². The quantitative estimate of drug-likeness (QED) is 0.797. The molecular weight excluding hydrogens is 240 g/mol. The molecule has 0 amide bonds. The van der Waals surface area contributed by atoms with Gasteiger partial charge >= 0.3 is 5.97 Å². The molecule has 0 atom stereocenters. The lowest BCUT2D eigenvalue weighted by atomic mass is 10.1. The number of aryl methyl sites for hydroxylation is 1. The van der Waals surface area contributed by atoms with Gasteiger partial charge in [-0.05, 0) is 43.2 Å². The first-order valence-electron chi connectivity index (χ1n) is 6.22. The van der Waals surface area contributed by atoms with Crippen molar-refractivity contribution in [2.24, 2.45) is 0 Å². The molecule has 4 nitrogen and oxygen atoms in total. The summed E-state index contributed by atoms with van der Waals surface area (Å²) in [5.41, 5.74) is 3.03. The molecule has 0 fully saturated rings. The summed E-state index contributed by atoms with van der Waals surface area (Å²) >= 11 is 0. The van der Waals surface area contributed by atoms with Gasteiger partial charge in [-0.15, -0.1) is 0 Å². The highest BCUT2D eigenvalue weighted by molar-refractivity contribution is 5.85. The fraction of sp³-hybridized carbons (Fsp3) is 0.333. The summed E-state index contributed by atoms with van der Waals surface area (Å²) in [6, 6.07) is 7.95. The van der Waals surface area contributed by atoms with E-state index in [0.717, 1.165) is 29.4 Å². The van der Waals surface area contributed by atoms with Crippen molar-refractivity contribution >= 4 is 17.7 Å². The highest BCUT2D eigenvalue weighted by Gasteiger charge is 2.07. The molecule has 0 bridgehead atoms. The van der Waals surface area contributed by atoms with E-state index in [0.29, 0.717) is 13.0 Å². The summed E-state index contributed by atoms with van der Waals surface area (Å²) in [6.45, 7) is 5.59. The van der Waals surface area contributed by atoms with Crippen molar-refractivity contribution in [2.75, 3.05) is 18.0 Å². The van der Waals surface area contributed by atoms with Gasteiger partial charge in [-0.1, -0.05) is 6.07 Å². The average molecular weight is 258 g/mol. The minimum Gasteiger partial charge on any atom is -0.478 e. The predicted octanol–water partition coefficient (Wildman–Crippen LogP) is 2.83. The number of carbonyl (C=O) groups is 1. The Morgan fingerprint density at radius 2 is 2.26 bits per heavy atom. The van der Waals surface area contributed by atoms with Gasteiger partial charge < -0.3 is 10.0 Å². The molecule has 0 saturated heterocycles. The number of aliphatic carboxylic acids is 1. The molecule has 0 aromatic heterocycles. The van der Waals surface area contributed by atoms with Gasteiger partial charge in [0.25, 0.3) is 0 Å². The largest absolute Gasteiger partial charge is 0.478 e. The molecule has 0 aliphatic heterocycles. The highest BCUT2D eigenvalue weighted by Crippen LogP contribution is 2.22. The minimum atomic E-state index is -0.953. The Bertz CT molecular complexity index is 515. The van der Waals surface area contributed by atoms with Crippen LogP contribution in [-0.4, -0.2) is 24.2 Å². The Balaban J connectivity index is 2.92. The summed E-state index contributed by atoms with van der Waals surface area (Å²) in [6.07, 6.45) is 3.19. The second kappa shape index (κ2) is 7.22. The van der Waals surface area contributed by atoms with E-state index in [1.165, 1.54) is 0 Å². The van der Waals surface area contributed by atoms with Gasteiger partial charge in [-0.3, -0.25) is 0 Å². The fourth-order valence-corrected chi connectivity index (χ4v) is 1.94. The van der Waals surface area contributed by atoms with E-state index in [2.05, 4.69) is 17.9 Å². The zero-order valence-corrected chi connectivity index (χ0v) is 11.3. The van der Waals surface area contributed by atoms with Crippen molar-refractivity contribution < 1.29 is 9.90 Å². The molecule has 0 radical (unpaired) electrons. The number of carboxylic acids is 1. The number of nitriles is 1. The van der Waals surface area contributed by atoms with Crippen molar-refractivity contribution in [3.05, 3.63) is 35.4 Å². The van der Waals surface area contributed by atoms with Crippen molar-refractivity contribution in [3.8, 4) is 6.07 Å². The lowest BCUT2D eigenvalue weighted by Gasteiger charge is -2.24. The third-order valence-corrected chi connectivity index (χ3v) is 2.86. The fourth-order valence-electron chi connectivity index (χ4n) is 1.94. The van der Waals surface area contributed by atoms with E-state index in [1.807, 2.05) is 25.1 Å². The van der Waals surface area contributed by atoms with Crippen LogP contribution in [0.2, 0.25) is 0 Å². The molecule has 0 spiro atoms. The minimum absolute atomic E-state index is 0.494. The summed E-state index contributed by atoms with van der Waals surface area (Å²) < 4.78 is 0. The van der Waals surface area contributed by atoms with Crippen molar-refractivity contribution in [1.82, 2.24) is 0 Å². The van der Waals surface area contributed by atoms with Crippen molar-refractivity contribution in [1.29, 1.82) is 5.26 Å². The number of benzene rings is 1. The Morgan fingerprint density at radius 3 is 2.79 bits per heavy atom. The van der Waals surface area contributed by atoms with Crippen LogP contribution in [0.1, 0.15) is 24.5 Å². The molecule has 1 aromatic carbocycles. The van der Waals surface area contributed by atoms with Gasteiger partial charge in [0.1, 0.15) is 0 Å². The lowest BCUT2D eigenvalue weighted by molar-refractivity contribution is -0.131.